The van der Waals surface area contributed by atoms with Crippen LogP contribution in [0, 0.1) is 0 Å². The number of benzene rings is 1. The van der Waals surface area contributed by atoms with E-state index in [1.54, 1.807) is 18.2 Å². The van der Waals surface area contributed by atoms with Crippen molar-refractivity contribution in [2.75, 3.05) is 18.1 Å². The summed E-state index contributed by atoms with van der Waals surface area (Å²) < 4.78 is 10.1. The molecule has 1 amide bonds. The number of Topliss-reactive ketones (excluding diaryl/α,β-unsaturated/α-hetero) is 1. The summed E-state index contributed by atoms with van der Waals surface area (Å²) in [4.78, 5) is 38.0. The van der Waals surface area contributed by atoms with Gasteiger partial charge in [0, 0.05) is 18.2 Å². The summed E-state index contributed by atoms with van der Waals surface area (Å²) in [5.41, 5.74) is 3.36. The topological polar surface area (TPSA) is 76.8 Å². The fraction of sp³-hybridized carbons (Fsp3) is 0.250. The van der Waals surface area contributed by atoms with E-state index >= 15 is 0 Å². The molecule has 0 saturated heterocycles. The number of hydrogen-bond acceptors (Lipinski definition) is 5. The number of amides is 1. The van der Waals surface area contributed by atoms with E-state index in [1.807, 2.05) is 11.0 Å². The molecule has 3 heterocycles. The highest BCUT2D eigenvalue weighted by atomic mass is 16.5. The summed E-state index contributed by atoms with van der Waals surface area (Å²) in [6, 6.07) is 6.98. The first-order valence-electron chi connectivity index (χ1n) is 8.49. The second kappa shape index (κ2) is 6.63. The predicted molar refractivity (Wildman–Crippen MR) is 93.9 cm³/mol. The lowest BCUT2D eigenvalue weighted by Crippen LogP contribution is -2.31. The van der Waals surface area contributed by atoms with Crippen molar-refractivity contribution in [1.29, 1.82) is 0 Å². The Bertz CT molecular complexity index is 911. The van der Waals surface area contributed by atoms with E-state index in [0.29, 0.717) is 17.7 Å². The Labute approximate surface area is 150 Å². The molecule has 4 rings (SSSR count). The van der Waals surface area contributed by atoms with E-state index in [9.17, 15) is 14.4 Å². The standard InChI is InChI=1S/C20H17NO5/c22-17(12-26-19(24)6-5-16-4-2-8-25-16)14-9-13-3-1-7-21-18(23)11-15(10-14)20(13)21/h2,4-6,8-10H,1,3,7,11-12H2. The molecule has 2 aromatic rings. The van der Waals surface area contributed by atoms with Crippen molar-refractivity contribution >= 4 is 29.4 Å². The average Bonchev–Trinajstić information content (AvgIpc) is 3.27. The van der Waals surface area contributed by atoms with Gasteiger partial charge in [-0.05, 0) is 54.3 Å². The zero-order chi connectivity index (χ0) is 18.1. The van der Waals surface area contributed by atoms with Crippen molar-refractivity contribution in [3.05, 3.63) is 59.1 Å². The van der Waals surface area contributed by atoms with Crippen LogP contribution in [0.5, 0.6) is 0 Å². The van der Waals surface area contributed by atoms with Crippen LogP contribution in [0.3, 0.4) is 0 Å². The molecule has 6 heteroatoms. The Balaban J connectivity index is 1.44. The Morgan fingerprint density at radius 2 is 2.12 bits per heavy atom. The first-order chi connectivity index (χ1) is 12.6. The normalized spacial score (nSPS) is 15.4. The number of carbonyl (C=O) groups is 3. The molecule has 0 N–H and O–H groups in total. The number of aryl methyl sites for hydroxylation is 1. The Kier molecular flexibility index (Phi) is 4.16. The third-order valence-corrected chi connectivity index (χ3v) is 4.60. The van der Waals surface area contributed by atoms with E-state index < -0.39 is 5.97 Å². The second-order valence-electron chi connectivity index (χ2n) is 6.35. The first-order valence-corrected chi connectivity index (χ1v) is 8.49. The minimum Gasteiger partial charge on any atom is -0.465 e. The van der Waals surface area contributed by atoms with Crippen molar-refractivity contribution in [3.63, 3.8) is 0 Å². The van der Waals surface area contributed by atoms with Crippen LogP contribution < -0.4 is 4.90 Å². The maximum absolute atomic E-state index is 12.4. The molecule has 132 valence electrons. The highest BCUT2D eigenvalue weighted by Gasteiger charge is 2.32. The molecule has 26 heavy (non-hydrogen) atoms. The lowest BCUT2D eigenvalue weighted by Gasteiger charge is -2.25. The predicted octanol–water partition coefficient (Wildman–Crippen LogP) is 2.55. The second-order valence-corrected chi connectivity index (χ2v) is 6.35. The molecule has 1 aromatic carbocycles. The third kappa shape index (κ3) is 3.06. The summed E-state index contributed by atoms with van der Waals surface area (Å²) in [5, 5.41) is 0. The van der Waals surface area contributed by atoms with Crippen molar-refractivity contribution in [2.45, 2.75) is 19.3 Å². The average molecular weight is 351 g/mol. The van der Waals surface area contributed by atoms with Crippen LogP contribution >= 0.6 is 0 Å². The van der Waals surface area contributed by atoms with Crippen LogP contribution in [-0.2, 0) is 27.2 Å². The highest BCUT2D eigenvalue weighted by Crippen LogP contribution is 2.37. The van der Waals surface area contributed by atoms with Gasteiger partial charge in [0.2, 0.25) is 5.91 Å². The molecule has 0 aliphatic carbocycles. The maximum atomic E-state index is 12.4. The molecule has 0 fully saturated rings. The minimum absolute atomic E-state index is 0.0834. The van der Waals surface area contributed by atoms with Gasteiger partial charge in [-0.15, -0.1) is 0 Å². The van der Waals surface area contributed by atoms with Gasteiger partial charge in [0.25, 0.3) is 0 Å². The molecular formula is C20H17NO5. The summed E-state index contributed by atoms with van der Waals surface area (Å²) in [7, 11) is 0. The zero-order valence-corrected chi connectivity index (χ0v) is 14.1. The summed E-state index contributed by atoms with van der Waals surface area (Å²) >= 11 is 0. The zero-order valence-electron chi connectivity index (χ0n) is 14.1. The van der Waals surface area contributed by atoms with Gasteiger partial charge in [0.15, 0.2) is 12.4 Å². The maximum Gasteiger partial charge on any atom is 0.331 e. The molecule has 0 saturated carbocycles. The SMILES string of the molecule is O=C(C=Cc1ccco1)OCC(=O)c1cc2c3c(c1)CC(=O)N3CCC2. The molecule has 0 atom stereocenters. The molecule has 0 unspecified atom stereocenters. The van der Waals surface area contributed by atoms with Crippen LogP contribution in [0.25, 0.3) is 6.08 Å². The van der Waals surface area contributed by atoms with Gasteiger partial charge in [0.1, 0.15) is 5.76 Å². The van der Waals surface area contributed by atoms with Gasteiger partial charge in [-0.1, -0.05) is 0 Å². The number of esters is 1. The molecule has 1 aromatic heterocycles. The highest BCUT2D eigenvalue weighted by molar-refractivity contribution is 6.05. The van der Waals surface area contributed by atoms with Gasteiger partial charge >= 0.3 is 5.97 Å². The van der Waals surface area contributed by atoms with Crippen LogP contribution in [0.1, 0.15) is 33.7 Å². The van der Waals surface area contributed by atoms with Gasteiger partial charge < -0.3 is 14.1 Å². The molecule has 0 bridgehead atoms. The van der Waals surface area contributed by atoms with Crippen molar-refractivity contribution in [3.8, 4) is 0 Å². The fourth-order valence-corrected chi connectivity index (χ4v) is 3.44. The molecule has 2 aliphatic heterocycles. The van der Waals surface area contributed by atoms with Gasteiger partial charge in [-0.25, -0.2) is 4.79 Å². The van der Waals surface area contributed by atoms with E-state index in [1.165, 1.54) is 18.4 Å². The largest absolute Gasteiger partial charge is 0.465 e. The summed E-state index contributed by atoms with van der Waals surface area (Å²) in [6.45, 7) is 0.406. The number of anilines is 1. The lowest BCUT2D eigenvalue weighted by atomic mass is 9.95. The summed E-state index contributed by atoms with van der Waals surface area (Å²) in [6.07, 6.45) is 6.26. The van der Waals surface area contributed by atoms with Gasteiger partial charge in [0.05, 0.1) is 18.4 Å². The molecule has 6 nitrogen and oxygen atoms in total. The van der Waals surface area contributed by atoms with Crippen LogP contribution in [0.15, 0.2) is 41.0 Å². The smallest absolute Gasteiger partial charge is 0.331 e. The van der Waals surface area contributed by atoms with Crippen molar-refractivity contribution in [2.24, 2.45) is 0 Å². The number of furan rings is 1. The monoisotopic (exact) mass is 351 g/mol. The Hall–Kier alpha value is -3.15. The molecule has 2 aliphatic rings. The van der Waals surface area contributed by atoms with Crippen molar-refractivity contribution in [1.82, 2.24) is 0 Å². The molecule has 0 spiro atoms. The fourth-order valence-electron chi connectivity index (χ4n) is 3.44. The number of ether oxygens (including phenoxy) is 1. The van der Waals surface area contributed by atoms with Crippen LogP contribution in [0.4, 0.5) is 5.69 Å². The van der Waals surface area contributed by atoms with Gasteiger partial charge in [-0.2, -0.15) is 0 Å². The van der Waals surface area contributed by atoms with Gasteiger partial charge in [-0.3, -0.25) is 9.59 Å². The van der Waals surface area contributed by atoms with Crippen LogP contribution in [-0.4, -0.2) is 30.8 Å². The van der Waals surface area contributed by atoms with E-state index in [-0.39, 0.29) is 18.3 Å². The van der Waals surface area contributed by atoms with E-state index in [4.69, 9.17) is 9.15 Å². The lowest BCUT2D eigenvalue weighted by molar-refractivity contribution is -0.136. The van der Waals surface area contributed by atoms with E-state index in [2.05, 4.69) is 0 Å². The Morgan fingerprint density at radius 3 is 2.92 bits per heavy atom. The Morgan fingerprint density at radius 1 is 1.27 bits per heavy atom. The number of nitrogens with zero attached hydrogens (tertiary/aromatic N) is 1. The minimum atomic E-state index is -0.612. The summed E-state index contributed by atoms with van der Waals surface area (Å²) in [5.74, 6) is -0.279. The molecular weight excluding hydrogens is 334 g/mol. The molecule has 0 radical (unpaired) electrons. The number of carbonyl (C=O) groups excluding carboxylic acids is 3. The van der Waals surface area contributed by atoms with Crippen LogP contribution in [0.2, 0.25) is 0 Å². The number of hydrogen-bond donors (Lipinski definition) is 0. The van der Waals surface area contributed by atoms with Crippen molar-refractivity contribution < 1.29 is 23.5 Å². The van der Waals surface area contributed by atoms with E-state index in [0.717, 1.165) is 36.2 Å². The first kappa shape index (κ1) is 16.3. The number of rotatable bonds is 5. The third-order valence-electron chi connectivity index (χ3n) is 4.60. The number of ketones is 1. The quantitative estimate of drug-likeness (QED) is 0.470.